The third kappa shape index (κ3) is 2.80. The Balaban J connectivity index is 2.02. The number of aromatic nitrogens is 1. The minimum Gasteiger partial charge on any atom is -0.381 e. The Morgan fingerprint density at radius 3 is 2.65 bits per heavy atom. The largest absolute Gasteiger partial charge is 0.381 e. The molecule has 0 fully saturated rings. The molecule has 0 aliphatic heterocycles. The maximum atomic E-state index is 8.84. The smallest absolute Gasteiger partial charge is 0.120 e. The molecular formula is C13H12ClN3. The average Bonchev–Trinajstić information content (AvgIpc) is 2.69. The van der Waals surface area contributed by atoms with E-state index in [1.54, 1.807) is 0 Å². The lowest BCUT2D eigenvalue weighted by molar-refractivity contribution is 0.902. The van der Waals surface area contributed by atoms with Gasteiger partial charge in [-0.2, -0.15) is 5.26 Å². The second kappa shape index (κ2) is 4.94. The van der Waals surface area contributed by atoms with Crippen molar-refractivity contribution < 1.29 is 0 Å². The lowest BCUT2D eigenvalue weighted by Crippen LogP contribution is -1.97. The quantitative estimate of drug-likeness (QED) is 0.902. The van der Waals surface area contributed by atoms with Crippen molar-refractivity contribution in [3.05, 3.63) is 52.8 Å². The summed E-state index contributed by atoms with van der Waals surface area (Å²) in [5, 5.41) is 12.8. The van der Waals surface area contributed by atoms with Gasteiger partial charge in [-0.25, -0.2) is 0 Å². The van der Waals surface area contributed by atoms with E-state index in [9.17, 15) is 0 Å². The van der Waals surface area contributed by atoms with Crippen LogP contribution in [0.5, 0.6) is 0 Å². The SMILES string of the molecule is Cn1cc(CNc2ccc(Cl)cc2)cc1C#N. The summed E-state index contributed by atoms with van der Waals surface area (Å²) in [6.45, 7) is 0.692. The number of nitrogens with one attached hydrogen (secondary N) is 1. The molecule has 1 aromatic heterocycles. The van der Waals surface area contributed by atoms with Crippen molar-refractivity contribution >= 4 is 17.3 Å². The van der Waals surface area contributed by atoms with Crippen molar-refractivity contribution in [1.82, 2.24) is 4.57 Å². The molecule has 1 aromatic carbocycles. The van der Waals surface area contributed by atoms with Gasteiger partial charge in [0.1, 0.15) is 11.8 Å². The molecule has 1 N–H and O–H groups in total. The first-order valence-corrected chi connectivity index (χ1v) is 5.61. The highest BCUT2D eigenvalue weighted by Crippen LogP contribution is 2.15. The third-order valence-corrected chi connectivity index (χ3v) is 2.77. The zero-order valence-electron chi connectivity index (χ0n) is 9.44. The van der Waals surface area contributed by atoms with Gasteiger partial charge in [-0.15, -0.1) is 0 Å². The lowest BCUT2D eigenvalue weighted by atomic mass is 10.3. The fourth-order valence-electron chi connectivity index (χ4n) is 1.61. The van der Waals surface area contributed by atoms with E-state index in [1.807, 2.05) is 48.1 Å². The van der Waals surface area contributed by atoms with Crippen LogP contribution in [0.25, 0.3) is 0 Å². The van der Waals surface area contributed by atoms with Gasteiger partial charge >= 0.3 is 0 Å². The molecule has 0 atom stereocenters. The van der Waals surface area contributed by atoms with Crippen LogP contribution in [0.4, 0.5) is 5.69 Å². The lowest BCUT2D eigenvalue weighted by Gasteiger charge is -2.04. The van der Waals surface area contributed by atoms with Gasteiger partial charge in [0.15, 0.2) is 0 Å². The molecular weight excluding hydrogens is 234 g/mol. The van der Waals surface area contributed by atoms with Crippen molar-refractivity contribution in [3.8, 4) is 6.07 Å². The maximum Gasteiger partial charge on any atom is 0.120 e. The number of benzene rings is 1. The number of anilines is 1. The first kappa shape index (κ1) is 11.6. The average molecular weight is 246 g/mol. The molecule has 0 saturated heterocycles. The molecule has 2 aromatic rings. The van der Waals surface area contributed by atoms with Gasteiger partial charge in [0.2, 0.25) is 0 Å². The number of hydrogen-bond acceptors (Lipinski definition) is 2. The maximum absolute atomic E-state index is 8.84. The molecule has 17 heavy (non-hydrogen) atoms. The molecule has 0 aliphatic carbocycles. The molecule has 0 aliphatic rings. The number of nitriles is 1. The minimum absolute atomic E-state index is 0.665. The predicted molar refractivity (Wildman–Crippen MR) is 68.9 cm³/mol. The third-order valence-electron chi connectivity index (χ3n) is 2.52. The topological polar surface area (TPSA) is 40.8 Å². The van der Waals surface area contributed by atoms with Gasteiger partial charge < -0.3 is 9.88 Å². The molecule has 86 valence electrons. The van der Waals surface area contributed by atoms with Crippen LogP contribution in [0.15, 0.2) is 36.5 Å². The van der Waals surface area contributed by atoms with Crippen LogP contribution in [0, 0.1) is 11.3 Å². The molecule has 0 spiro atoms. The zero-order valence-corrected chi connectivity index (χ0v) is 10.2. The van der Waals surface area contributed by atoms with Crippen LogP contribution in [0.1, 0.15) is 11.3 Å². The van der Waals surface area contributed by atoms with Gasteiger partial charge in [-0.1, -0.05) is 11.6 Å². The number of hydrogen-bond donors (Lipinski definition) is 1. The Kier molecular flexibility index (Phi) is 3.36. The summed E-state index contributed by atoms with van der Waals surface area (Å²) < 4.78 is 1.82. The fourth-order valence-corrected chi connectivity index (χ4v) is 1.74. The van der Waals surface area contributed by atoms with Gasteiger partial charge in [0, 0.05) is 30.5 Å². The zero-order chi connectivity index (χ0) is 12.3. The highest BCUT2D eigenvalue weighted by Gasteiger charge is 2.01. The van der Waals surface area contributed by atoms with E-state index in [1.165, 1.54) is 0 Å². The Morgan fingerprint density at radius 1 is 1.35 bits per heavy atom. The summed E-state index contributed by atoms with van der Waals surface area (Å²) in [5.41, 5.74) is 2.76. The van der Waals surface area contributed by atoms with E-state index in [4.69, 9.17) is 16.9 Å². The van der Waals surface area contributed by atoms with E-state index in [0.29, 0.717) is 12.2 Å². The van der Waals surface area contributed by atoms with E-state index in [0.717, 1.165) is 16.3 Å². The molecule has 4 heteroatoms. The first-order valence-electron chi connectivity index (χ1n) is 5.24. The molecule has 2 rings (SSSR count). The molecule has 3 nitrogen and oxygen atoms in total. The summed E-state index contributed by atoms with van der Waals surface area (Å²) in [6.07, 6.45) is 1.95. The molecule has 0 amide bonds. The van der Waals surface area contributed by atoms with Gasteiger partial charge in [-0.05, 0) is 35.9 Å². The Labute approximate surface area is 105 Å². The molecule has 0 radical (unpaired) electrons. The second-order valence-electron chi connectivity index (χ2n) is 3.82. The Hall–Kier alpha value is -1.92. The summed E-state index contributed by atoms with van der Waals surface area (Å²) in [4.78, 5) is 0. The van der Waals surface area contributed by atoms with E-state index >= 15 is 0 Å². The summed E-state index contributed by atoms with van der Waals surface area (Å²) in [7, 11) is 1.87. The van der Waals surface area contributed by atoms with Crippen LogP contribution in [0.2, 0.25) is 5.02 Å². The molecule has 1 heterocycles. The Morgan fingerprint density at radius 2 is 2.06 bits per heavy atom. The fraction of sp³-hybridized carbons (Fsp3) is 0.154. The number of nitrogens with zero attached hydrogens (tertiary/aromatic N) is 2. The standard InChI is InChI=1S/C13H12ClN3/c1-17-9-10(6-13(17)7-15)8-16-12-4-2-11(14)3-5-12/h2-6,9,16H,8H2,1H3. The van der Waals surface area contributed by atoms with Crippen LogP contribution in [-0.2, 0) is 13.6 Å². The van der Waals surface area contributed by atoms with Gasteiger partial charge in [-0.3, -0.25) is 0 Å². The normalized spacial score (nSPS) is 9.94. The van der Waals surface area contributed by atoms with E-state index in [-0.39, 0.29) is 0 Å². The molecule has 0 unspecified atom stereocenters. The summed E-state index contributed by atoms with van der Waals surface area (Å²) in [5.74, 6) is 0. The number of aryl methyl sites for hydroxylation is 1. The van der Waals surface area contributed by atoms with Crippen LogP contribution in [0.3, 0.4) is 0 Å². The van der Waals surface area contributed by atoms with Gasteiger partial charge in [0.05, 0.1) is 0 Å². The van der Waals surface area contributed by atoms with Crippen LogP contribution in [-0.4, -0.2) is 4.57 Å². The predicted octanol–water partition coefficient (Wildman–Crippen LogP) is 3.16. The summed E-state index contributed by atoms with van der Waals surface area (Å²) >= 11 is 5.80. The molecule has 0 saturated carbocycles. The molecule has 0 bridgehead atoms. The monoisotopic (exact) mass is 245 g/mol. The number of halogens is 1. The van der Waals surface area contributed by atoms with Crippen molar-refractivity contribution in [3.63, 3.8) is 0 Å². The van der Waals surface area contributed by atoms with Crippen molar-refractivity contribution in [2.24, 2.45) is 7.05 Å². The Bertz CT molecular complexity index is 549. The van der Waals surface area contributed by atoms with Crippen LogP contribution < -0.4 is 5.32 Å². The minimum atomic E-state index is 0.665. The van der Waals surface area contributed by atoms with Crippen molar-refractivity contribution in [1.29, 1.82) is 5.26 Å². The number of rotatable bonds is 3. The van der Waals surface area contributed by atoms with Gasteiger partial charge in [0.25, 0.3) is 0 Å². The van der Waals surface area contributed by atoms with E-state index < -0.39 is 0 Å². The van der Waals surface area contributed by atoms with Crippen molar-refractivity contribution in [2.45, 2.75) is 6.54 Å². The highest BCUT2D eigenvalue weighted by molar-refractivity contribution is 6.30. The summed E-state index contributed by atoms with van der Waals surface area (Å²) in [6, 6.07) is 11.6. The van der Waals surface area contributed by atoms with E-state index in [2.05, 4.69) is 11.4 Å². The van der Waals surface area contributed by atoms with Crippen molar-refractivity contribution in [2.75, 3.05) is 5.32 Å². The highest BCUT2D eigenvalue weighted by atomic mass is 35.5. The second-order valence-corrected chi connectivity index (χ2v) is 4.25. The van der Waals surface area contributed by atoms with Crippen LogP contribution >= 0.6 is 11.6 Å². The first-order chi connectivity index (χ1) is 8.19.